The van der Waals surface area contributed by atoms with Crippen LogP contribution in [0.3, 0.4) is 0 Å². The number of rotatable bonds is 2. The van der Waals surface area contributed by atoms with Gasteiger partial charge in [-0.2, -0.15) is 0 Å². The van der Waals surface area contributed by atoms with E-state index in [0.717, 1.165) is 16.5 Å². The molecule has 3 rings (SSSR count). The molecule has 0 aliphatic rings. The first-order valence-corrected chi connectivity index (χ1v) is 5.39. The molecular weight excluding hydrogens is 230 g/mol. The molecule has 0 saturated carbocycles. The van der Waals surface area contributed by atoms with Crippen molar-refractivity contribution >= 4 is 16.7 Å². The van der Waals surface area contributed by atoms with Crippen LogP contribution in [-0.4, -0.2) is 26.1 Å². The van der Waals surface area contributed by atoms with E-state index in [0.29, 0.717) is 0 Å². The Morgan fingerprint density at radius 3 is 2.61 bits per heavy atom. The van der Waals surface area contributed by atoms with Gasteiger partial charge in [0.1, 0.15) is 0 Å². The van der Waals surface area contributed by atoms with Gasteiger partial charge >= 0.3 is 5.97 Å². The third-order valence-corrected chi connectivity index (χ3v) is 2.71. The number of hydrogen-bond acceptors (Lipinski definition) is 3. The van der Waals surface area contributed by atoms with Crippen LogP contribution in [0.15, 0.2) is 48.7 Å². The van der Waals surface area contributed by atoms with Crippen LogP contribution in [0.5, 0.6) is 0 Å². The summed E-state index contributed by atoms with van der Waals surface area (Å²) in [6.45, 7) is 0. The largest absolute Gasteiger partial charge is 0.476 e. The zero-order chi connectivity index (χ0) is 12.5. The molecule has 0 saturated heterocycles. The Morgan fingerprint density at radius 1 is 1.11 bits per heavy atom. The quantitative estimate of drug-likeness (QED) is 0.743. The molecule has 0 amide bonds. The van der Waals surface area contributed by atoms with Crippen LogP contribution < -0.4 is 0 Å². The van der Waals surface area contributed by atoms with E-state index in [9.17, 15) is 4.79 Å². The second-order valence-corrected chi connectivity index (χ2v) is 3.88. The zero-order valence-electron chi connectivity index (χ0n) is 9.32. The topological polar surface area (TPSA) is 68.0 Å². The van der Waals surface area contributed by atoms with Crippen LogP contribution in [0.1, 0.15) is 10.5 Å². The number of carboxylic acid groups (broad SMARTS) is 1. The lowest BCUT2D eigenvalue weighted by molar-refractivity contribution is 0.0690. The predicted octanol–water partition coefficient (Wildman–Crippen LogP) is 2.12. The Balaban J connectivity index is 2.10. The first kappa shape index (κ1) is 10.5. The Kier molecular flexibility index (Phi) is 2.30. The minimum atomic E-state index is -1.08. The number of hydrogen-bond donors (Lipinski definition) is 1. The van der Waals surface area contributed by atoms with E-state index in [1.165, 1.54) is 10.9 Å². The molecule has 2 aromatic carbocycles. The molecule has 1 N–H and O–H groups in total. The molecule has 5 heteroatoms. The molecule has 0 fully saturated rings. The molecule has 5 nitrogen and oxygen atoms in total. The summed E-state index contributed by atoms with van der Waals surface area (Å²) in [4.78, 5) is 10.7. The van der Waals surface area contributed by atoms with Gasteiger partial charge in [0.2, 0.25) is 0 Å². The fourth-order valence-electron chi connectivity index (χ4n) is 1.81. The van der Waals surface area contributed by atoms with Crippen molar-refractivity contribution in [2.24, 2.45) is 0 Å². The molecule has 0 bridgehead atoms. The van der Waals surface area contributed by atoms with Gasteiger partial charge in [0, 0.05) is 0 Å². The van der Waals surface area contributed by atoms with Crippen molar-refractivity contribution in [3.63, 3.8) is 0 Å². The molecule has 3 aromatic rings. The maximum atomic E-state index is 10.7. The van der Waals surface area contributed by atoms with Crippen molar-refractivity contribution in [1.29, 1.82) is 0 Å². The van der Waals surface area contributed by atoms with Crippen molar-refractivity contribution in [3.8, 4) is 5.69 Å². The Hall–Kier alpha value is -2.69. The number of aromatic carboxylic acids is 1. The van der Waals surface area contributed by atoms with Crippen molar-refractivity contribution in [2.45, 2.75) is 0 Å². The smallest absolute Gasteiger partial charge is 0.358 e. The Labute approximate surface area is 102 Å². The van der Waals surface area contributed by atoms with Crippen LogP contribution in [0.25, 0.3) is 16.5 Å². The van der Waals surface area contributed by atoms with Gasteiger partial charge < -0.3 is 5.11 Å². The average Bonchev–Trinajstić information content (AvgIpc) is 2.88. The molecule has 0 radical (unpaired) electrons. The van der Waals surface area contributed by atoms with Gasteiger partial charge in [0.25, 0.3) is 0 Å². The van der Waals surface area contributed by atoms with Crippen molar-refractivity contribution in [2.75, 3.05) is 0 Å². The van der Waals surface area contributed by atoms with Crippen molar-refractivity contribution in [3.05, 3.63) is 54.4 Å². The molecule has 0 unspecified atom stereocenters. The lowest BCUT2D eigenvalue weighted by atomic mass is 10.1. The Morgan fingerprint density at radius 2 is 1.89 bits per heavy atom. The summed E-state index contributed by atoms with van der Waals surface area (Å²) in [7, 11) is 0. The normalized spacial score (nSPS) is 10.7. The third kappa shape index (κ3) is 1.71. The van der Waals surface area contributed by atoms with Crippen LogP contribution in [0.2, 0.25) is 0 Å². The van der Waals surface area contributed by atoms with Crippen molar-refractivity contribution in [1.82, 2.24) is 15.0 Å². The predicted molar refractivity (Wildman–Crippen MR) is 65.8 cm³/mol. The summed E-state index contributed by atoms with van der Waals surface area (Å²) < 4.78 is 1.45. The molecule has 1 heterocycles. The summed E-state index contributed by atoms with van der Waals surface area (Å²) in [6.07, 6.45) is 1.40. The molecular formula is C13H9N3O2. The van der Waals surface area contributed by atoms with E-state index in [1.807, 2.05) is 42.5 Å². The molecule has 18 heavy (non-hydrogen) atoms. The number of nitrogens with zero attached hydrogens (tertiary/aromatic N) is 3. The van der Waals surface area contributed by atoms with Gasteiger partial charge in [0.05, 0.1) is 11.9 Å². The summed E-state index contributed by atoms with van der Waals surface area (Å²) in [5, 5.41) is 18.4. The van der Waals surface area contributed by atoms with E-state index in [-0.39, 0.29) is 5.69 Å². The van der Waals surface area contributed by atoms with Gasteiger partial charge in [-0.15, -0.1) is 5.10 Å². The second-order valence-electron chi connectivity index (χ2n) is 3.88. The molecule has 1 aromatic heterocycles. The van der Waals surface area contributed by atoms with E-state index >= 15 is 0 Å². The highest BCUT2D eigenvalue weighted by Gasteiger charge is 2.09. The van der Waals surface area contributed by atoms with E-state index in [4.69, 9.17) is 5.11 Å². The first-order valence-electron chi connectivity index (χ1n) is 5.39. The minimum Gasteiger partial charge on any atom is -0.476 e. The molecule has 0 aliphatic carbocycles. The number of aromatic nitrogens is 3. The van der Waals surface area contributed by atoms with Gasteiger partial charge in [-0.1, -0.05) is 35.5 Å². The second kappa shape index (κ2) is 3.96. The van der Waals surface area contributed by atoms with E-state index in [2.05, 4.69) is 10.3 Å². The van der Waals surface area contributed by atoms with Gasteiger partial charge in [-0.05, 0) is 22.9 Å². The summed E-state index contributed by atoms with van der Waals surface area (Å²) >= 11 is 0. The summed E-state index contributed by atoms with van der Waals surface area (Å²) in [6, 6.07) is 13.7. The molecule has 88 valence electrons. The van der Waals surface area contributed by atoms with Gasteiger partial charge in [-0.3, -0.25) is 0 Å². The maximum Gasteiger partial charge on any atom is 0.358 e. The lowest BCUT2D eigenvalue weighted by Crippen LogP contribution is -1.96. The standard InChI is InChI=1S/C13H9N3O2/c17-13(18)12-8-16(15-14-12)11-6-5-9-3-1-2-4-10(9)7-11/h1-8H,(H,17,18). The number of carbonyl (C=O) groups is 1. The summed E-state index contributed by atoms with van der Waals surface area (Å²) in [5.74, 6) is -1.08. The maximum absolute atomic E-state index is 10.7. The minimum absolute atomic E-state index is 0.0665. The van der Waals surface area contributed by atoms with Gasteiger partial charge in [-0.25, -0.2) is 9.48 Å². The highest BCUT2D eigenvalue weighted by Crippen LogP contribution is 2.17. The van der Waals surface area contributed by atoms with Crippen molar-refractivity contribution < 1.29 is 9.90 Å². The Bertz CT molecular complexity index is 734. The fraction of sp³-hybridized carbons (Fsp3) is 0. The SMILES string of the molecule is O=C(O)c1cn(-c2ccc3ccccc3c2)nn1. The zero-order valence-corrected chi connectivity index (χ0v) is 9.32. The molecule has 0 spiro atoms. The highest BCUT2D eigenvalue weighted by atomic mass is 16.4. The highest BCUT2D eigenvalue weighted by molar-refractivity contribution is 5.85. The monoisotopic (exact) mass is 239 g/mol. The lowest BCUT2D eigenvalue weighted by Gasteiger charge is -2.02. The van der Waals surface area contributed by atoms with E-state index in [1.54, 1.807) is 0 Å². The third-order valence-electron chi connectivity index (χ3n) is 2.71. The molecule has 0 aliphatic heterocycles. The number of benzene rings is 2. The van der Waals surface area contributed by atoms with Crippen LogP contribution in [0, 0.1) is 0 Å². The fourth-order valence-corrected chi connectivity index (χ4v) is 1.81. The summed E-state index contributed by atoms with van der Waals surface area (Å²) in [5.41, 5.74) is 0.719. The van der Waals surface area contributed by atoms with Crippen LogP contribution in [-0.2, 0) is 0 Å². The average molecular weight is 239 g/mol. The van der Waals surface area contributed by atoms with Crippen LogP contribution >= 0.6 is 0 Å². The van der Waals surface area contributed by atoms with E-state index < -0.39 is 5.97 Å². The first-order chi connectivity index (χ1) is 8.74. The molecule has 0 atom stereocenters. The number of fused-ring (bicyclic) bond motifs is 1. The van der Waals surface area contributed by atoms with Gasteiger partial charge in [0.15, 0.2) is 5.69 Å². The van der Waals surface area contributed by atoms with Crippen LogP contribution in [0.4, 0.5) is 0 Å². The number of carboxylic acids is 1.